The van der Waals surface area contributed by atoms with E-state index in [0.29, 0.717) is 11.3 Å². The summed E-state index contributed by atoms with van der Waals surface area (Å²) in [6.45, 7) is 1.98. The van der Waals surface area contributed by atoms with Crippen LogP contribution < -0.4 is 5.32 Å². The number of carbonyl (C=O) groups excluding carboxylic acids is 1. The van der Waals surface area contributed by atoms with Crippen molar-refractivity contribution in [2.24, 2.45) is 7.92 Å². The van der Waals surface area contributed by atoms with Crippen molar-refractivity contribution in [1.29, 1.82) is 0 Å². The van der Waals surface area contributed by atoms with Gasteiger partial charge in [0.15, 0.2) is 0 Å². The number of nitrogens with zero attached hydrogens (tertiary/aromatic N) is 2. The third kappa shape index (κ3) is 2.54. The summed E-state index contributed by atoms with van der Waals surface area (Å²) in [5.74, 6) is -0.145. The molecule has 0 radical (unpaired) electrons. The Bertz CT molecular complexity index is 782. The Morgan fingerprint density at radius 3 is 2.90 bits per heavy atom. The Morgan fingerprint density at radius 2 is 2.10 bits per heavy atom. The molecule has 0 aromatic heterocycles. The van der Waals surface area contributed by atoms with E-state index in [4.69, 9.17) is 0 Å². The summed E-state index contributed by atoms with van der Waals surface area (Å²) in [6, 6.07) is 11.2. The van der Waals surface area contributed by atoms with Gasteiger partial charge < -0.3 is 0 Å². The molecule has 3 rings (SSSR count). The number of anilines is 1. The molecular formula is C14H10BrN3OSe. The molecule has 1 heterocycles. The summed E-state index contributed by atoms with van der Waals surface area (Å²) in [5.41, 5.74) is 4.06. The average molecular weight is 395 g/mol. The number of fused-ring (bicyclic) bond motifs is 1. The Labute approximate surface area is 130 Å². The van der Waals surface area contributed by atoms with Gasteiger partial charge in [-0.2, -0.15) is 0 Å². The number of hydrogen-bond donors (Lipinski definition) is 1. The van der Waals surface area contributed by atoms with Gasteiger partial charge in [-0.25, -0.2) is 0 Å². The fraction of sp³-hybridized carbons (Fsp3) is 0.0714. The Hall–Kier alpha value is -1.49. The van der Waals surface area contributed by atoms with Gasteiger partial charge in [-0.05, 0) is 0 Å². The first kappa shape index (κ1) is 13.5. The molecule has 1 aliphatic heterocycles. The maximum atomic E-state index is 12.3. The molecule has 6 heteroatoms. The van der Waals surface area contributed by atoms with Crippen LogP contribution in [-0.4, -0.2) is 20.5 Å². The van der Waals surface area contributed by atoms with Gasteiger partial charge in [-0.3, -0.25) is 0 Å². The predicted octanol–water partition coefficient (Wildman–Crippen LogP) is 4.36. The van der Waals surface area contributed by atoms with Crippen LogP contribution in [0.4, 0.5) is 17.1 Å². The predicted molar refractivity (Wildman–Crippen MR) is 83.2 cm³/mol. The summed E-state index contributed by atoms with van der Waals surface area (Å²) in [6.07, 6.45) is 0. The van der Waals surface area contributed by atoms with Gasteiger partial charge in [-0.15, -0.1) is 0 Å². The maximum absolute atomic E-state index is 12.3. The van der Waals surface area contributed by atoms with Gasteiger partial charge in [0.05, 0.1) is 0 Å². The Kier molecular flexibility index (Phi) is 3.70. The number of nitrogens with one attached hydrogen (secondary N) is 1. The fourth-order valence-corrected chi connectivity index (χ4v) is 3.37. The molecule has 2 aromatic carbocycles. The van der Waals surface area contributed by atoms with Crippen molar-refractivity contribution in [3.8, 4) is 0 Å². The number of amides is 1. The molecule has 0 spiro atoms. The summed E-state index contributed by atoms with van der Waals surface area (Å²) in [4.78, 5) is 12.3. The SMILES string of the molecule is Cc1ccc(C(=O)Nc2cccc3c2N=[Se]=N3)cc1Br. The second kappa shape index (κ2) is 5.48. The van der Waals surface area contributed by atoms with Crippen molar-refractivity contribution in [3.05, 3.63) is 52.0 Å². The van der Waals surface area contributed by atoms with E-state index in [1.807, 2.05) is 43.3 Å². The molecule has 100 valence electrons. The second-order valence-electron chi connectivity index (χ2n) is 4.36. The quantitative estimate of drug-likeness (QED) is 0.645. The Balaban J connectivity index is 1.88. The summed E-state index contributed by atoms with van der Waals surface area (Å²) >= 11 is 3.34. The topological polar surface area (TPSA) is 53.8 Å². The normalized spacial score (nSPS) is 11.9. The molecule has 0 bridgehead atoms. The first-order chi connectivity index (χ1) is 9.65. The summed E-state index contributed by atoms with van der Waals surface area (Å²) < 4.78 is 9.57. The Morgan fingerprint density at radius 1 is 1.25 bits per heavy atom. The van der Waals surface area contributed by atoms with Crippen molar-refractivity contribution in [2.45, 2.75) is 6.92 Å². The zero-order valence-electron chi connectivity index (χ0n) is 10.6. The van der Waals surface area contributed by atoms with Crippen molar-refractivity contribution in [2.75, 3.05) is 5.32 Å². The van der Waals surface area contributed by atoms with Crippen LogP contribution in [0.1, 0.15) is 15.9 Å². The zero-order valence-corrected chi connectivity index (χ0v) is 13.9. The van der Waals surface area contributed by atoms with E-state index in [2.05, 4.69) is 29.2 Å². The molecule has 0 atom stereocenters. The van der Waals surface area contributed by atoms with Gasteiger partial charge in [-0.1, -0.05) is 0 Å². The van der Waals surface area contributed by atoms with Gasteiger partial charge >= 0.3 is 130 Å². The van der Waals surface area contributed by atoms with Gasteiger partial charge in [0.2, 0.25) is 0 Å². The molecule has 1 amide bonds. The van der Waals surface area contributed by atoms with Crippen LogP contribution >= 0.6 is 15.9 Å². The average Bonchev–Trinajstić information content (AvgIpc) is 2.91. The van der Waals surface area contributed by atoms with E-state index in [9.17, 15) is 4.79 Å². The minimum atomic E-state index is -0.145. The van der Waals surface area contributed by atoms with E-state index in [1.54, 1.807) is 0 Å². The van der Waals surface area contributed by atoms with Crippen molar-refractivity contribution in [1.82, 2.24) is 0 Å². The molecule has 0 saturated carbocycles. The van der Waals surface area contributed by atoms with Crippen molar-refractivity contribution < 1.29 is 4.79 Å². The second-order valence-corrected chi connectivity index (χ2v) is 6.32. The van der Waals surface area contributed by atoms with Crippen molar-refractivity contribution >= 4 is 53.5 Å². The van der Waals surface area contributed by atoms with E-state index in [0.717, 1.165) is 21.4 Å². The number of rotatable bonds is 2. The first-order valence-corrected chi connectivity index (χ1v) is 8.26. The van der Waals surface area contributed by atoms with Crippen LogP contribution in [0.25, 0.3) is 0 Å². The molecule has 0 fully saturated rings. The van der Waals surface area contributed by atoms with Crippen LogP contribution in [0.15, 0.2) is 48.8 Å². The van der Waals surface area contributed by atoms with E-state index >= 15 is 0 Å². The third-order valence-electron chi connectivity index (χ3n) is 2.97. The first-order valence-electron chi connectivity index (χ1n) is 5.94. The number of halogens is 1. The number of benzene rings is 2. The van der Waals surface area contributed by atoms with E-state index in [-0.39, 0.29) is 20.5 Å². The standard InChI is InChI=1S/C14H10BrN3OSe/c1-8-5-6-9(7-10(8)15)14(19)16-11-3-2-4-12-13(11)18-20-17-12/h2-7H,1H3,(H,16,19). The number of carbonyl (C=O) groups is 1. The van der Waals surface area contributed by atoms with Crippen LogP contribution in [0.3, 0.4) is 0 Å². The molecule has 1 N–H and O–H groups in total. The van der Waals surface area contributed by atoms with E-state index in [1.165, 1.54) is 0 Å². The van der Waals surface area contributed by atoms with Gasteiger partial charge in [0.25, 0.3) is 0 Å². The zero-order chi connectivity index (χ0) is 14.1. The van der Waals surface area contributed by atoms with Gasteiger partial charge in [0.1, 0.15) is 0 Å². The monoisotopic (exact) mass is 395 g/mol. The van der Waals surface area contributed by atoms with Crippen molar-refractivity contribution in [3.63, 3.8) is 0 Å². The van der Waals surface area contributed by atoms with E-state index < -0.39 is 0 Å². The van der Waals surface area contributed by atoms with Crippen LogP contribution in [-0.2, 0) is 0 Å². The van der Waals surface area contributed by atoms with Crippen LogP contribution in [0, 0.1) is 6.92 Å². The minimum absolute atomic E-state index is 0.101. The molecule has 2 aromatic rings. The summed E-state index contributed by atoms with van der Waals surface area (Å²) in [7, 11) is 0. The molecule has 4 nitrogen and oxygen atoms in total. The summed E-state index contributed by atoms with van der Waals surface area (Å²) in [5, 5.41) is 2.90. The molecule has 0 saturated heterocycles. The molecule has 0 aliphatic carbocycles. The number of hydrogen-bond acceptors (Lipinski definition) is 3. The molecule has 20 heavy (non-hydrogen) atoms. The van der Waals surface area contributed by atoms with Crippen LogP contribution in [0.5, 0.6) is 0 Å². The molecule has 0 unspecified atom stereocenters. The van der Waals surface area contributed by atoms with Crippen LogP contribution in [0.2, 0.25) is 0 Å². The van der Waals surface area contributed by atoms with Gasteiger partial charge in [0, 0.05) is 0 Å². The molecule has 1 aliphatic rings. The fourth-order valence-electron chi connectivity index (χ4n) is 1.84. The number of aryl methyl sites for hydroxylation is 1. The molecular weight excluding hydrogens is 385 g/mol. The third-order valence-corrected chi connectivity index (χ3v) is 4.96.